The van der Waals surface area contributed by atoms with Crippen LogP contribution < -0.4 is 10.1 Å². The number of likely N-dealkylation sites (tertiary alicyclic amines) is 1. The zero-order valence-electron chi connectivity index (χ0n) is 16.5. The molecule has 1 amide bonds. The first-order valence-electron chi connectivity index (χ1n) is 9.46. The predicted octanol–water partition coefficient (Wildman–Crippen LogP) is 3.32. The molecule has 1 saturated heterocycles. The number of ether oxygens (including phenoxy) is 1. The van der Waals surface area contributed by atoms with Crippen molar-refractivity contribution in [2.45, 2.75) is 23.8 Å². The van der Waals surface area contributed by atoms with Gasteiger partial charge in [0.15, 0.2) is 9.84 Å². The molecule has 0 aromatic heterocycles. The highest BCUT2D eigenvalue weighted by molar-refractivity contribution is 7.90. The standard InChI is InChI=1S/C21H25ClN2O4S/c1-28-20-8-4-3-7-16(20)19(24-11-5-6-12-24)14-23-21(25)17-13-15(29(2,26)27)9-10-18(17)22/h3-4,7-10,13,19H,5-6,11-12,14H2,1-2H3,(H,23,25)/t19-/m1/s1. The third kappa shape index (κ3) is 5.10. The summed E-state index contributed by atoms with van der Waals surface area (Å²) in [7, 11) is -1.80. The van der Waals surface area contributed by atoms with E-state index in [0.717, 1.165) is 43.5 Å². The van der Waals surface area contributed by atoms with Crippen LogP contribution in [0, 0.1) is 0 Å². The van der Waals surface area contributed by atoms with Gasteiger partial charge in [0.05, 0.1) is 28.6 Å². The number of carbonyl (C=O) groups is 1. The van der Waals surface area contributed by atoms with Crippen LogP contribution in [0.2, 0.25) is 5.02 Å². The van der Waals surface area contributed by atoms with Crippen LogP contribution in [0.4, 0.5) is 0 Å². The summed E-state index contributed by atoms with van der Waals surface area (Å²) in [5.41, 5.74) is 1.16. The Balaban J connectivity index is 1.84. The van der Waals surface area contributed by atoms with E-state index in [9.17, 15) is 13.2 Å². The fraction of sp³-hybridized carbons (Fsp3) is 0.381. The number of halogens is 1. The van der Waals surface area contributed by atoms with Crippen LogP contribution in [0.25, 0.3) is 0 Å². The quantitative estimate of drug-likeness (QED) is 0.720. The van der Waals surface area contributed by atoms with Gasteiger partial charge in [-0.2, -0.15) is 0 Å². The second-order valence-corrected chi connectivity index (χ2v) is 9.55. The Morgan fingerprint density at radius 1 is 1.21 bits per heavy atom. The summed E-state index contributed by atoms with van der Waals surface area (Å²) in [5, 5.41) is 3.14. The Labute approximate surface area is 176 Å². The van der Waals surface area contributed by atoms with Crippen molar-refractivity contribution in [1.82, 2.24) is 10.2 Å². The highest BCUT2D eigenvalue weighted by atomic mass is 35.5. The van der Waals surface area contributed by atoms with Crippen LogP contribution in [0.1, 0.15) is 34.8 Å². The van der Waals surface area contributed by atoms with E-state index in [0.29, 0.717) is 6.54 Å². The molecule has 0 spiro atoms. The minimum Gasteiger partial charge on any atom is -0.496 e. The lowest BCUT2D eigenvalue weighted by molar-refractivity contribution is 0.0937. The van der Waals surface area contributed by atoms with Crippen LogP contribution in [0.3, 0.4) is 0 Å². The number of amides is 1. The zero-order valence-corrected chi connectivity index (χ0v) is 18.1. The van der Waals surface area contributed by atoms with E-state index < -0.39 is 15.7 Å². The van der Waals surface area contributed by atoms with Crippen molar-refractivity contribution < 1.29 is 17.9 Å². The average Bonchev–Trinajstić information content (AvgIpc) is 3.22. The van der Waals surface area contributed by atoms with Crippen LogP contribution in [-0.4, -0.2) is 52.2 Å². The molecule has 1 N–H and O–H groups in total. The van der Waals surface area contributed by atoms with Crippen molar-refractivity contribution in [3.63, 3.8) is 0 Å². The van der Waals surface area contributed by atoms with Gasteiger partial charge in [-0.3, -0.25) is 9.69 Å². The Kier molecular flexibility index (Phi) is 6.82. The summed E-state index contributed by atoms with van der Waals surface area (Å²) in [4.78, 5) is 15.2. The second kappa shape index (κ2) is 9.15. The Morgan fingerprint density at radius 2 is 1.90 bits per heavy atom. The van der Waals surface area contributed by atoms with Gasteiger partial charge in [0.2, 0.25) is 0 Å². The van der Waals surface area contributed by atoms with Gasteiger partial charge in [-0.25, -0.2) is 8.42 Å². The molecule has 2 aromatic rings. The van der Waals surface area contributed by atoms with Gasteiger partial charge >= 0.3 is 0 Å². The Hall–Kier alpha value is -2.09. The summed E-state index contributed by atoms with van der Waals surface area (Å²) < 4.78 is 29.2. The number of sulfone groups is 1. The van der Waals surface area contributed by atoms with E-state index in [4.69, 9.17) is 16.3 Å². The molecule has 0 aliphatic carbocycles. The fourth-order valence-electron chi connectivity index (χ4n) is 3.62. The summed E-state index contributed by atoms with van der Waals surface area (Å²) >= 11 is 6.16. The number of para-hydroxylation sites is 1. The highest BCUT2D eigenvalue weighted by Gasteiger charge is 2.27. The van der Waals surface area contributed by atoms with Crippen LogP contribution in [0.15, 0.2) is 47.4 Å². The molecule has 0 bridgehead atoms. The lowest BCUT2D eigenvalue weighted by Gasteiger charge is -2.29. The molecule has 1 heterocycles. The van der Waals surface area contributed by atoms with Gasteiger partial charge in [-0.05, 0) is 50.2 Å². The van der Waals surface area contributed by atoms with Crippen LogP contribution in [0.5, 0.6) is 5.75 Å². The minimum absolute atomic E-state index is 0.0468. The SMILES string of the molecule is COc1ccccc1[C@@H](CNC(=O)c1cc(S(C)(=O)=O)ccc1Cl)N1CCCC1. The molecule has 1 fully saturated rings. The maximum absolute atomic E-state index is 12.8. The van der Waals surface area contributed by atoms with Crippen LogP contribution >= 0.6 is 11.6 Å². The molecule has 0 radical (unpaired) electrons. The lowest BCUT2D eigenvalue weighted by Crippen LogP contribution is -2.37. The normalized spacial score (nSPS) is 15.8. The molecule has 1 aliphatic heterocycles. The average molecular weight is 437 g/mol. The Morgan fingerprint density at radius 3 is 2.55 bits per heavy atom. The number of hydrogen-bond donors (Lipinski definition) is 1. The number of hydrogen-bond acceptors (Lipinski definition) is 5. The van der Waals surface area contributed by atoms with E-state index >= 15 is 0 Å². The van der Waals surface area contributed by atoms with Crippen molar-refractivity contribution in [1.29, 1.82) is 0 Å². The summed E-state index contributed by atoms with van der Waals surface area (Å²) in [5.74, 6) is 0.371. The van der Waals surface area contributed by atoms with Crippen LogP contribution in [-0.2, 0) is 9.84 Å². The lowest BCUT2D eigenvalue weighted by atomic mass is 10.0. The van der Waals surface area contributed by atoms with E-state index in [1.807, 2.05) is 24.3 Å². The van der Waals surface area contributed by atoms with Gasteiger partial charge in [0.1, 0.15) is 5.75 Å². The maximum atomic E-state index is 12.8. The minimum atomic E-state index is -3.44. The van der Waals surface area contributed by atoms with E-state index in [2.05, 4.69) is 10.2 Å². The predicted molar refractivity (Wildman–Crippen MR) is 113 cm³/mol. The van der Waals surface area contributed by atoms with Crippen molar-refractivity contribution in [3.8, 4) is 5.75 Å². The number of carbonyl (C=O) groups excluding carboxylic acids is 1. The van der Waals surface area contributed by atoms with Gasteiger partial charge in [0.25, 0.3) is 5.91 Å². The number of nitrogens with zero attached hydrogens (tertiary/aromatic N) is 1. The van der Waals surface area contributed by atoms with E-state index in [1.54, 1.807) is 7.11 Å². The molecular formula is C21H25ClN2O4S. The van der Waals surface area contributed by atoms with Crippen molar-refractivity contribution >= 4 is 27.3 Å². The van der Waals surface area contributed by atoms with E-state index in [1.165, 1.54) is 18.2 Å². The van der Waals surface area contributed by atoms with E-state index in [-0.39, 0.29) is 21.5 Å². The number of nitrogens with one attached hydrogen (secondary N) is 1. The molecule has 0 unspecified atom stereocenters. The van der Waals surface area contributed by atoms with Gasteiger partial charge in [-0.1, -0.05) is 29.8 Å². The molecule has 3 rings (SSSR count). The molecule has 2 aromatic carbocycles. The van der Waals surface area contributed by atoms with Crippen molar-refractivity contribution in [2.75, 3.05) is 33.0 Å². The molecule has 6 nitrogen and oxygen atoms in total. The molecular weight excluding hydrogens is 412 g/mol. The number of benzene rings is 2. The monoisotopic (exact) mass is 436 g/mol. The maximum Gasteiger partial charge on any atom is 0.252 e. The third-order valence-electron chi connectivity index (χ3n) is 5.15. The summed E-state index contributed by atoms with van der Waals surface area (Å²) in [6.45, 7) is 2.25. The Bertz CT molecular complexity index is 988. The fourth-order valence-corrected chi connectivity index (χ4v) is 4.47. The first kappa shape index (κ1) is 21.6. The number of rotatable bonds is 7. The smallest absolute Gasteiger partial charge is 0.252 e. The third-order valence-corrected chi connectivity index (χ3v) is 6.59. The van der Waals surface area contributed by atoms with Crippen molar-refractivity contribution in [2.24, 2.45) is 0 Å². The summed E-state index contributed by atoms with van der Waals surface area (Å²) in [6, 6.07) is 11.9. The molecule has 0 saturated carbocycles. The summed E-state index contributed by atoms with van der Waals surface area (Å²) in [6.07, 6.45) is 3.33. The van der Waals surface area contributed by atoms with Crippen molar-refractivity contribution in [3.05, 3.63) is 58.6 Å². The molecule has 1 atom stereocenters. The first-order valence-corrected chi connectivity index (χ1v) is 11.7. The van der Waals surface area contributed by atoms with Gasteiger partial charge in [-0.15, -0.1) is 0 Å². The van der Waals surface area contributed by atoms with Gasteiger partial charge in [0, 0.05) is 18.4 Å². The first-order chi connectivity index (χ1) is 13.8. The highest BCUT2D eigenvalue weighted by Crippen LogP contribution is 2.31. The largest absolute Gasteiger partial charge is 0.496 e. The molecule has 29 heavy (non-hydrogen) atoms. The second-order valence-electron chi connectivity index (χ2n) is 7.12. The zero-order chi connectivity index (χ0) is 21.0. The molecule has 1 aliphatic rings. The van der Waals surface area contributed by atoms with Gasteiger partial charge < -0.3 is 10.1 Å². The topological polar surface area (TPSA) is 75.7 Å². The molecule has 8 heteroatoms. The molecule has 156 valence electrons. The number of methoxy groups -OCH3 is 1.